The molecule has 0 unspecified atom stereocenters. The number of fused-ring (bicyclic) bond motifs is 3. The van der Waals surface area contributed by atoms with Gasteiger partial charge in [-0.25, -0.2) is 4.98 Å². The maximum atomic E-state index is 6.39. The van der Waals surface area contributed by atoms with Gasteiger partial charge in [0.15, 0.2) is 5.82 Å². The molecule has 0 fully saturated rings. The standard InChI is InChI=1S/C24H24N4OS/c25-18(14-16-6-2-1-3-7-16)15-29-23-21-19-8-4-5-9-20(19)30-24(21)28-22(27-23)17-10-12-26-13-11-17/h1-3,6-7,10-13,18H,4-5,8-9,14-15,25H2/t18-/m0/s1. The number of thiophene rings is 1. The van der Waals surface area contributed by atoms with Gasteiger partial charge in [0.2, 0.25) is 5.88 Å². The van der Waals surface area contributed by atoms with E-state index in [2.05, 4.69) is 17.1 Å². The van der Waals surface area contributed by atoms with Crippen molar-refractivity contribution in [2.24, 2.45) is 5.73 Å². The number of nitrogens with two attached hydrogens (primary N) is 1. The van der Waals surface area contributed by atoms with Crippen LogP contribution in [-0.4, -0.2) is 27.6 Å². The van der Waals surface area contributed by atoms with Gasteiger partial charge in [-0.3, -0.25) is 4.98 Å². The van der Waals surface area contributed by atoms with Crippen molar-refractivity contribution in [1.29, 1.82) is 0 Å². The van der Waals surface area contributed by atoms with E-state index in [0.717, 1.165) is 35.0 Å². The fourth-order valence-corrected chi connectivity index (χ4v) is 5.27. The first-order valence-corrected chi connectivity index (χ1v) is 11.2. The van der Waals surface area contributed by atoms with E-state index in [0.29, 0.717) is 18.3 Å². The molecule has 6 heteroatoms. The zero-order valence-electron chi connectivity index (χ0n) is 16.8. The van der Waals surface area contributed by atoms with Crippen LogP contribution in [0.3, 0.4) is 0 Å². The maximum Gasteiger partial charge on any atom is 0.226 e. The van der Waals surface area contributed by atoms with Crippen molar-refractivity contribution < 1.29 is 4.74 Å². The largest absolute Gasteiger partial charge is 0.475 e. The molecule has 0 spiro atoms. The molecule has 0 saturated heterocycles. The second-order valence-corrected chi connectivity index (χ2v) is 8.82. The van der Waals surface area contributed by atoms with Gasteiger partial charge in [0.05, 0.1) is 5.39 Å². The molecule has 1 aliphatic carbocycles. The Bertz CT molecular complexity index is 1140. The van der Waals surface area contributed by atoms with Gasteiger partial charge in [0, 0.05) is 28.9 Å². The summed E-state index contributed by atoms with van der Waals surface area (Å²) >= 11 is 1.78. The van der Waals surface area contributed by atoms with Crippen molar-refractivity contribution in [3.05, 3.63) is 70.9 Å². The molecule has 0 amide bonds. The number of rotatable bonds is 6. The highest BCUT2D eigenvalue weighted by atomic mass is 32.1. The zero-order valence-corrected chi connectivity index (χ0v) is 17.6. The zero-order chi connectivity index (χ0) is 20.3. The minimum Gasteiger partial charge on any atom is -0.475 e. The molecule has 3 aromatic heterocycles. The predicted octanol–water partition coefficient (Wildman–Crippen LogP) is 4.58. The van der Waals surface area contributed by atoms with Gasteiger partial charge in [-0.1, -0.05) is 30.3 Å². The lowest BCUT2D eigenvalue weighted by Gasteiger charge is -2.15. The quantitative estimate of drug-likeness (QED) is 0.498. The lowest BCUT2D eigenvalue weighted by molar-refractivity contribution is 0.280. The Morgan fingerprint density at radius 3 is 2.63 bits per heavy atom. The van der Waals surface area contributed by atoms with E-state index in [-0.39, 0.29) is 6.04 Å². The summed E-state index contributed by atoms with van der Waals surface area (Å²) in [6, 6.07) is 14.0. The summed E-state index contributed by atoms with van der Waals surface area (Å²) in [5, 5.41) is 1.08. The third kappa shape index (κ3) is 3.93. The van der Waals surface area contributed by atoms with Crippen molar-refractivity contribution in [3.63, 3.8) is 0 Å². The summed E-state index contributed by atoms with van der Waals surface area (Å²) in [5.41, 5.74) is 9.91. The Morgan fingerprint density at radius 2 is 1.80 bits per heavy atom. The molecule has 0 bridgehead atoms. The van der Waals surface area contributed by atoms with E-state index >= 15 is 0 Å². The van der Waals surface area contributed by atoms with Crippen LogP contribution in [0.25, 0.3) is 21.6 Å². The third-order valence-corrected chi connectivity index (χ3v) is 6.68. The van der Waals surface area contributed by atoms with Crippen molar-refractivity contribution in [2.75, 3.05) is 6.61 Å². The Kier molecular flexibility index (Phi) is 5.43. The molecular formula is C24H24N4OS. The molecule has 0 saturated carbocycles. The van der Waals surface area contributed by atoms with Gasteiger partial charge in [0.25, 0.3) is 0 Å². The van der Waals surface area contributed by atoms with Crippen molar-refractivity contribution in [2.45, 2.75) is 38.1 Å². The fraction of sp³-hybridized carbons (Fsp3) is 0.292. The summed E-state index contributed by atoms with van der Waals surface area (Å²) in [4.78, 5) is 16.2. The summed E-state index contributed by atoms with van der Waals surface area (Å²) in [6.07, 6.45) is 8.93. The molecule has 1 atom stereocenters. The Balaban J connectivity index is 1.48. The van der Waals surface area contributed by atoms with Crippen LogP contribution in [0, 0.1) is 0 Å². The second kappa shape index (κ2) is 8.50. The number of aryl methyl sites for hydroxylation is 2. The molecular weight excluding hydrogens is 392 g/mol. The fourth-order valence-electron chi connectivity index (χ4n) is 4.02. The van der Waals surface area contributed by atoms with Gasteiger partial charge in [-0.05, 0) is 55.4 Å². The SMILES string of the molecule is N[C@H](COc1nc(-c2ccncc2)nc2sc3c(c12)CCCC3)Cc1ccccc1. The van der Waals surface area contributed by atoms with Gasteiger partial charge < -0.3 is 10.5 Å². The molecule has 3 heterocycles. The van der Waals surface area contributed by atoms with E-state index in [9.17, 15) is 0 Å². The van der Waals surface area contributed by atoms with Crippen LogP contribution in [-0.2, 0) is 19.3 Å². The summed E-state index contributed by atoms with van der Waals surface area (Å²) < 4.78 is 6.25. The number of pyridine rings is 1. The minimum atomic E-state index is -0.101. The molecule has 1 aliphatic rings. The molecule has 152 valence electrons. The highest BCUT2D eigenvalue weighted by molar-refractivity contribution is 7.18. The maximum absolute atomic E-state index is 6.39. The monoisotopic (exact) mass is 416 g/mol. The lowest BCUT2D eigenvalue weighted by Crippen LogP contribution is -2.30. The number of aromatic nitrogens is 3. The van der Waals surface area contributed by atoms with E-state index in [4.69, 9.17) is 20.4 Å². The number of ether oxygens (including phenoxy) is 1. The van der Waals surface area contributed by atoms with Gasteiger partial charge in [-0.15, -0.1) is 11.3 Å². The number of benzene rings is 1. The van der Waals surface area contributed by atoms with E-state index in [1.54, 1.807) is 23.7 Å². The molecule has 0 aliphatic heterocycles. The molecule has 5 rings (SSSR count). The Morgan fingerprint density at radius 1 is 1.00 bits per heavy atom. The minimum absolute atomic E-state index is 0.101. The van der Waals surface area contributed by atoms with Crippen molar-refractivity contribution in [1.82, 2.24) is 15.0 Å². The van der Waals surface area contributed by atoms with Crippen molar-refractivity contribution >= 4 is 21.6 Å². The average molecular weight is 417 g/mol. The van der Waals surface area contributed by atoms with E-state index < -0.39 is 0 Å². The highest BCUT2D eigenvalue weighted by Gasteiger charge is 2.23. The highest BCUT2D eigenvalue weighted by Crippen LogP contribution is 2.40. The first-order chi connectivity index (χ1) is 14.8. The number of nitrogens with zero attached hydrogens (tertiary/aromatic N) is 3. The molecule has 30 heavy (non-hydrogen) atoms. The lowest BCUT2D eigenvalue weighted by atomic mass is 9.97. The summed E-state index contributed by atoms with van der Waals surface area (Å²) in [6.45, 7) is 0.418. The third-order valence-electron chi connectivity index (χ3n) is 5.49. The first kappa shape index (κ1) is 19.2. The van der Waals surface area contributed by atoms with Crippen LogP contribution < -0.4 is 10.5 Å². The van der Waals surface area contributed by atoms with E-state index in [1.807, 2.05) is 30.3 Å². The van der Waals surface area contributed by atoms with Crippen LogP contribution in [0.4, 0.5) is 0 Å². The topological polar surface area (TPSA) is 73.9 Å². The molecule has 0 radical (unpaired) electrons. The Labute approximate surface area is 180 Å². The molecule has 2 N–H and O–H groups in total. The summed E-state index contributed by atoms with van der Waals surface area (Å²) in [7, 11) is 0. The summed E-state index contributed by atoms with van der Waals surface area (Å²) in [5.74, 6) is 1.34. The van der Waals surface area contributed by atoms with Gasteiger partial charge in [0.1, 0.15) is 11.4 Å². The normalized spacial score (nSPS) is 14.4. The van der Waals surface area contributed by atoms with E-state index in [1.165, 1.54) is 28.8 Å². The van der Waals surface area contributed by atoms with Crippen LogP contribution in [0.2, 0.25) is 0 Å². The number of hydrogen-bond acceptors (Lipinski definition) is 6. The molecule has 5 nitrogen and oxygen atoms in total. The smallest absolute Gasteiger partial charge is 0.226 e. The molecule has 1 aromatic carbocycles. The first-order valence-electron chi connectivity index (χ1n) is 10.4. The van der Waals surface area contributed by atoms with Crippen LogP contribution in [0.5, 0.6) is 5.88 Å². The van der Waals surface area contributed by atoms with Gasteiger partial charge in [-0.2, -0.15) is 4.98 Å². The second-order valence-electron chi connectivity index (χ2n) is 7.74. The Hall–Kier alpha value is -2.83. The molecule has 4 aromatic rings. The van der Waals surface area contributed by atoms with Crippen LogP contribution in [0.1, 0.15) is 28.8 Å². The predicted molar refractivity (Wildman–Crippen MR) is 121 cm³/mol. The van der Waals surface area contributed by atoms with Crippen LogP contribution >= 0.6 is 11.3 Å². The van der Waals surface area contributed by atoms with Gasteiger partial charge >= 0.3 is 0 Å². The average Bonchev–Trinajstić information content (AvgIpc) is 3.17. The number of hydrogen-bond donors (Lipinski definition) is 1. The van der Waals surface area contributed by atoms with Crippen LogP contribution in [0.15, 0.2) is 54.9 Å². The van der Waals surface area contributed by atoms with Crippen molar-refractivity contribution in [3.8, 4) is 17.3 Å².